The summed E-state index contributed by atoms with van der Waals surface area (Å²) in [6, 6.07) is 7.62. The number of rotatable bonds is 23. The van der Waals surface area contributed by atoms with Crippen LogP contribution in [0.2, 0.25) is 0 Å². The van der Waals surface area contributed by atoms with E-state index in [0.29, 0.717) is 88.8 Å². The number of nitrogens with zero attached hydrogens (tertiary/aromatic N) is 2. The molecule has 18 nitrogen and oxygen atoms in total. The van der Waals surface area contributed by atoms with E-state index in [2.05, 4.69) is 31.9 Å². The first-order valence-electron chi connectivity index (χ1n) is 27.6. The third-order valence-corrected chi connectivity index (χ3v) is 18.1. The van der Waals surface area contributed by atoms with Crippen molar-refractivity contribution in [3.63, 3.8) is 0 Å². The van der Waals surface area contributed by atoms with Gasteiger partial charge < -0.3 is 51.2 Å². The average molecular weight is 1090 g/mol. The van der Waals surface area contributed by atoms with E-state index in [1.807, 2.05) is 52.0 Å². The Labute approximate surface area is 457 Å². The molecule has 2 aromatic rings. The maximum absolute atomic E-state index is 14.3. The highest BCUT2D eigenvalue weighted by atomic mass is 33.1. The SMILES string of the molecule is CCC(C)[C@@H]1NC(=O)[C@H]2CCCN2C(=O)C(CCCCCSSCCCCC[C@@H]2NC(=O)[C@H]3CCCN3C(=O)[C@H](C(C)CC)NC(=O)C(Cc3ccc(OC)cc3)NC2=O)NC(=O)[C@@H](Cc2ccc(OC)cc2)NC1=O. The molecule has 0 bridgehead atoms. The Morgan fingerprint density at radius 3 is 1.41 bits per heavy atom. The van der Waals surface area contributed by atoms with Crippen LogP contribution >= 0.6 is 21.6 Å². The zero-order valence-corrected chi connectivity index (χ0v) is 47.0. The number of unbranched alkanes of at least 4 members (excludes halogenated alkanes) is 4. The fourth-order valence-corrected chi connectivity index (χ4v) is 12.7. The summed E-state index contributed by atoms with van der Waals surface area (Å²) < 4.78 is 10.6. The number of nitrogens with one attached hydrogen (secondary N) is 6. The first-order valence-corrected chi connectivity index (χ1v) is 30.1. The predicted molar refractivity (Wildman–Crippen MR) is 295 cm³/mol. The molecular weight excluding hydrogens is 1010 g/mol. The Kier molecular flexibility index (Phi) is 23.5. The molecule has 4 unspecified atom stereocenters. The van der Waals surface area contributed by atoms with Gasteiger partial charge in [-0.2, -0.15) is 0 Å². The molecule has 76 heavy (non-hydrogen) atoms. The average Bonchev–Trinajstić information content (AvgIpc) is 4.14. The van der Waals surface area contributed by atoms with Crippen molar-refractivity contribution in [1.29, 1.82) is 0 Å². The second kappa shape index (κ2) is 29.9. The van der Waals surface area contributed by atoms with Gasteiger partial charge in [-0.3, -0.25) is 38.4 Å². The lowest BCUT2D eigenvalue weighted by Crippen LogP contribution is -2.62. The highest BCUT2D eigenvalue weighted by Crippen LogP contribution is 2.27. The van der Waals surface area contributed by atoms with E-state index in [9.17, 15) is 38.4 Å². The molecule has 4 aliphatic rings. The second-order valence-electron chi connectivity index (χ2n) is 20.8. The molecule has 6 rings (SSSR count). The molecule has 0 aromatic heterocycles. The molecule has 8 amide bonds. The summed E-state index contributed by atoms with van der Waals surface area (Å²) in [6.45, 7) is 8.49. The van der Waals surface area contributed by atoms with Crippen LogP contribution in [0.15, 0.2) is 48.5 Å². The fraction of sp³-hybridized carbons (Fsp3) is 0.643. The molecule has 2 aromatic carbocycles. The third-order valence-electron chi connectivity index (χ3n) is 15.5. The number of hydrogen-bond donors (Lipinski definition) is 6. The van der Waals surface area contributed by atoms with Crippen molar-refractivity contribution in [3.8, 4) is 11.5 Å². The number of hydrogen-bond acceptors (Lipinski definition) is 12. The summed E-state index contributed by atoms with van der Waals surface area (Å²) >= 11 is 0. The van der Waals surface area contributed by atoms with Crippen molar-refractivity contribution in [2.24, 2.45) is 11.8 Å². The van der Waals surface area contributed by atoms with Gasteiger partial charge in [0.05, 0.1) is 14.2 Å². The molecule has 4 heterocycles. The van der Waals surface area contributed by atoms with E-state index in [-0.39, 0.29) is 48.3 Å². The van der Waals surface area contributed by atoms with Crippen molar-refractivity contribution in [2.75, 3.05) is 38.8 Å². The van der Waals surface area contributed by atoms with Crippen LogP contribution in [0.3, 0.4) is 0 Å². The Morgan fingerprint density at radius 1 is 0.487 bits per heavy atom. The molecule has 4 aliphatic heterocycles. The fourth-order valence-electron chi connectivity index (χ4n) is 10.4. The minimum absolute atomic E-state index is 0.178. The predicted octanol–water partition coefficient (Wildman–Crippen LogP) is 5.00. The summed E-state index contributed by atoms with van der Waals surface area (Å²) in [5.41, 5.74) is 1.59. The number of benzene rings is 2. The molecule has 0 radical (unpaired) electrons. The number of fused-ring (bicyclic) bond motifs is 2. The minimum atomic E-state index is -0.991. The van der Waals surface area contributed by atoms with Gasteiger partial charge in [-0.25, -0.2) is 0 Å². The van der Waals surface area contributed by atoms with E-state index in [4.69, 9.17) is 9.47 Å². The van der Waals surface area contributed by atoms with Crippen molar-refractivity contribution in [1.82, 2.24) is 41.7 Å². The highest BCUT2D eigenvalue weighted by Gasteiger charge is 2.43. The van der Waals surface area contributed by atoms with Crippen LogP contribution in [-0.4, -0.2) is 144 Å². The smallest absolute Gasteiger partial charge is 0.246 e. The summed E-state index contributed by atoms with van der Waals surface area (Å²) in [6.07, 6.45) is 9.38. The topological polar surface area (TPSA) is 234 Å². The summed E-state index contributed by atoms with van der Waals surface area (Å²) in [4.78, 5) is 115. The van der Waals surface area contributed by atoms with Crippen LogP contribution in [-0.2, 0) is 51.2 Å². The van der Waals surface area contributed by atoms with Gasteiger partial charge in [-0.05, 0) is 98.6 Å². The Hall–Kier alpha value is -5.50. The van der Waals surface area contributed by atoms with E-state index in [1.165, 1.54) is 0 Å². The molecule has 6 N–H and O–H groups in total. The van der Waals surface area contributed by atoms with Gasteiger partial charge in [0.15, 0.2) is 0 Å². The second-order valence-corrected chi connectivity index (χ2v) is 23.5. The van der Waals surface area contributed by atoms with Crippen LogP contribution in [0, 0.1) is 11.8 Å². The van der Waals surface area contributed by atoms with Crippen molar-refractivity contribution in [3.05, 3.63) is 59.7 Å². The Bertz CT molecular complexity index is 2290. The summed E-state index contributed by atoms with van der Waals surface area (Å²) in [5.74, 6) is -0.375. The van der Waals surface area contributed by atoms with E-state index in [0.717, 1.165) is 48.3 Å². The number of ether oxygens (including phenoxy) is 2. The molecule has 0 aliphatic carbocycles. The maximum atomic E-state index is 14.3. The van der Waals surface area contributed by atoms with Gasteiger partial charge in [0.2, 0.25) is 47.3 Å². The van der Waals surface area contributed by atoms with Gasteiger partial charge >= 0.3 is 0 Å². The number of carbonyl (C=O) groups is 8. The molecule has 10 atom stereocenters. The lowest BCUT2D eigenvalue weighted by molar-refractivity contribution is -0.144. The molecule has 20 heteroatoms. The molecule has 4 fully saturated rings. The quantitative estimate of drug-likeness (QED) is 0.0638. The van der Waals surface area contributed by atoms with Crippen LogP contribution in [0.5, 0.6) is 11.5 Å². The first kappa shape index (κ1) is 59.7. The zero-order chi connectivity index (χ0) is 54.7. The monoisotopic (exact) mass is 1090 g/mol. The Morgan fingerprint density at radius 2 is 0.895 bits per heavy atom. The third kappa shape index (κ3) is 16.5. The van der Waals surface area contributed by atoms with Crippen LogP contribution in [0.4, 0.5) is 0 Å². The lowest BCUT2D eigenvalue weighted by atomic mass is 9.95. The largest absolute Gasteiger partial charge is 0.497 e. The van der Waals surface area contributed by atoms with Crippen molar-refractivity contribution < 1.29 is 47.8 Å². The number of amides is 8. The van der Waals surface area contributed by atoms with Gasteiger partial charge in [-0.1, -0.05) is 112 Å². The molecule has 0 saturated carbocycles. The normalized spacial score (nSPS) is 25.7. The summed E-state index contributed by atoms with van der Waals surface area (Å²) in [7, 11) is 6.69. The van der Waals surface area contributed by atoms with Gasteiger partial charge in [0.1, 0.15) is 59.8 Å². The van der Waals surface area contributed by atoms with Crippen LogP contribution < -0.4 is 41.4 Å². The summed E-state index contributed by atoms with van der Waals surface area (Å²) in [5, 5.41) is 17.8. The van der Waals surface area contributed by atoms with E-state index in [1.54, 1.807) is 69.9 Å². The number of carbonyl (C=O) groups excluding carboxylic acids is 8. The molecule has 0 spiro atoms. The number of methoxy groups -OCH3 is 2. The Balaban J connectivity index is 0.989. The molecular formula is C56H82N8O10S2. The molecule has 4 saturated heterocycles. The van der Waals surface area contributed by atoms with Crippen molar-refractivity contribution in [2.45, 2.75) is 179 Å². The van der Waals surface area contributed by atoms with Gasteiger partial charge in [0, 0.05) is 37.4 Å². The lowest BCUT2D eigenvalue weighted by Gasteiger charge is -2.34. The molecule has 418 valence electrons. The van der Waals surface area contributed by atoms with Crippen LogP contribution in [0.25, 0.3) is 0 Å². The first-order chi connectivity index (χ1) is 36.6. The van der Waals surface area contributed by atoms with Gasteiger partial charge in [-0.15, -0.1) is 0 Å². The van der Waals surface area contributed by atoms with E-state index >= 15 is 0 Å². The van der Waals surface area contributed by atoms with Gasteiger partial charge in [0.25, 0.3) is 0 Å². The highest BCUT2D eigenvalue weighted by molar-refractivity contribution is 8.76. The van der Waals surface area contributed by atoms with Crippen LogP contribution in [0.1, 0.15) is 129 Å². The zero-order valence-electron chi connectivity index (χ0n) is 45.3. The minimum Gasteiger partial charge on any atom is -0.497 e. The standard InChI is InChI=1S/C56H82N8O10S2/c1-7-35(3)47-54(70)60-43(33-37-21-25-39(73-5)26-22-37)50(66)58-42(55(71)63-29-15-20-46(63)53(69)61-47)18-12-10-14-32-76-75-31-13-9-11-17-41-49(65)59-44(34-38-23-27-40(74-6)28-24-38)51(67)62-48(36(4)8-2)56(72)64-30-16-19-45(64)52(68)57-41/h21-28,35-36,41-48H,7-20,29-34H2,1-6H3,(H,57,68)(H,58,66)(H,59,65)(H,60,70)(H,61,69)(H,62,67)/t35?,36?,41-,42?,43+,44?,45+,46+,47-,48-/m0/s1. The van der Waals surface area contributed by atoms with E-state index < -0.39 is 72.0 Å². The van der Waals surface area contributed by atoms with Crippen molar-refractivity contribution >= 4 is 68.8 Å². The maximum Gasteiger partial charge on any atom is 0.246 e.